The van der Waals surface area contributed by atoms with Gasteiger partial charge in [-0.3, -0.25) is 19.0 Å². The number of amides is 1. The number of rotatable bonds is 6. The Morgan fingerprint density at radius 2 is 1.74 bits per heavy atom. The summed E-state index contributed by atoms with van der Waals surface area (Å²) in [5.41, 5.74) is 2.88. The van der Waals surface area contributed by atoms with Gasteiger partial charge < -0.3 is 9.73 Å². The normalized spacial score (nSPS) is 11.1. The van der Waals surface area contributed by atoms with Crippen molar-refractivity contribution in [2.24, 2.45) is 0 Å². The van der Waals surface area contributed by atoms with Crippen LogP contribution in [0, 0.1) is 6.92 Å². The van der Waals surface area contributed by atoms with Crippen molar-refractivity contribution in [1.82, 2.24) is 9.55 Å². The summed E-state index contributed by atoms with van der Waals surface area (Å²) in [5, 5.41) is 4.13. The fraction of sp³-hybridized carbons (Fsp3) is 0.111. The van der Waals surface area contributed by atoms with Crippen LogP contribution in [0.15, 0.2) is 88.3 Å². The zero-order valence-corrected chi connectivity index (χ0v) is 18.4. The Kier molecular flexibility index (Phi) is 5.51. The fourth-order valence-electron chi connectivity index (χ4n) is 3.95. The molecule has 3 aromatic carbocycles. The Bertz CT molecular complexity index is 1600. The minimum absolute atomic E-state index is 0.111. The molecule has 5 rings (SSSR count). The number of carbonyl (C=O) groups is 2. The van der Waals surface area contributed by atoms with E-state index in [-0.39, 0.29) is 36.0 Å². The minimum atomic E-state index is -0.235. The van der Waals surface area contributed by atoms with Crippen LogP contribution in [0.1, 0.15) is 28.1 Å². The first-order chi connectivity index (χ1) is 16.5. The molecule has 0 spiro atoms. The third-order valence-corrected chi connectivity index (χ3v) is 5.77. The molecule has 5 aromatic rings. The lowest BCUT2D eigenvalue weighted by Crippen LogP contribution is -2.23. The highest BCUT2D eigenvalue weighted by atomic mass is 16.3. The number of aromatic nitrogens is 2. The average Bonchev–Trinajstić information content (AvgIpc) is 3.19. The second-order valence-corrected chi connectivity index (χ2v) is 8.02. The molecule has 0 aliphatic rings. The molecular weight excluding hydrogens is 430 g/mol. The SMILES string of the molecule is Cc1c(C(=O)c2ccccc2)oc2ccc(NC(=O)CCn3cnc4ccccc4c3=O)cc12. The highest BCUT2D eigenvalue weighted by molar-refractivity contribution is 6.10. The standard InChI is InChI=1S/C27H21N3O4/c1-17-21-15-19(11-12-23(21)34-26(17)25(32)18-7-3-2-4-8-18)29-24(31)13-14-30-16-28-22-10-6-5-9-20(22)27(30)33/h2-12,15-16H,13-14H2,1H3,(H,29,31). The molecule has 0 aliphatic heterocycles. The van der Waals surface area contributed by atoms with Gasteiger partial charge in [-0.1, -0.05) is 42.5 Å². The summed E-state index contributed by atoms with van der Waals surface area (Å²) in [5.74, 6) is -0.136. The molecule has 0 radical (unpaired) electrons. The Morgan fingerprint density at radius 3 is 2.56 bits per heavy atom. The van der Waals surface area contributed by atoms with Gasteiger partial charge in [0.15, 0.2) is 5.76 Å². The van der Waals surface area contributed by atoms with Gasteiger partial charge in [0.1, 0.15) is 5.58 Å². The number of hydrogen-bond acceptors (Lipinski definition) is 5. The molecule has 2 heterocycles. The van der Waals surface area contributed by atoms with Crippen molar-refractivity contribution in [2.75, 3.05) is 5.32 Å². The number of para-hydroxylation sites is 1. The molecule has 1 N–H and O–H groups in total. The molecule has 0 unspecified atom stereocenters. The molecule has 0 atom stereocenters. The van der Waals surface area contributed by atoms with Crippen LogP contribution < -0.4 is 10.9 Å². The van der Waals surface area contributed by atoms with Crippen LogP contribution >= 0.6 is 0 Å². The van der Waals surface area contributed by atoms with Gasteiger partial charge in [0.2, 0.25) is 11.7 Å². The number of nitrogens with zero attached hydrogens (tertiary/aromatic N) is 2. The molecule has 1 amide bonds. The summed E-state index contributed by atoms with van der Waals surface area (Å²) in [6.07, 6.45) is 1.57. The Morgan fingerprint density at radius 1 is 0.971 bits per heavy atom. The monoisotopic (exact) mass is 451 g/mol. The topological polar surface area (TPSA) is 94.2 Å². The van der Waals surface area contributed by atoms with Crippen molar-refractivity contribution in [3.05, 3.63) is 106 Å². The maximum atomic E-state index is 12.8. The predicted molar refractivity (Wildman–Crippen MR) is 130 cm³/mol. The first-order valence-corrected chi connectivity index (χ1v) is 10.9. The largest absolute Gasteiger partial charge is 0.452 e. The quantitative estimate of drug-likeness (QED) is 0.377. The van der Waals surface area contributed by atoms with Crippen molar-refractivity contribution in [1.29, 1.82) is 0 Å². The smallest absolute Gasteiger partial charge is 0.261 e. The highest BCUT2D eigenvalue weighted by Gasteiger charge is 2.19. The third kappa shape index (κ3) is 3.99. The van der Waals surface area contributed by atoms with Crippen molar-refractivity contribution in [2.45, 2.75) is 19.9 Å². The zero-order chi connectivity index (χ0) is 23.7. The molecule has 0 bridgehead atoms. The predicted octanol–water partition coefficient (Wildman–Crippen LogP) is 4.71. The maximum absolute atomic E-state index is 12.8. The molecule has 2 aromatic heterocycles. The molecule has 168 valence electrons. The van der Waals surface area contributed by atoms with Gasteiger partial charge in [0.25, 0.3) is 5.56 Å². The van der Waals surface area contributed by atoms with Crippen LogP contribution in [0.25, 0.3) is 21.9 Å². The zero-order valence-electron chi connectivity index (χ0n) is 18.4. The van der Waals surface area contributed by atoms with Gasteiger partial charge in [-0.2, -0.15) is 0 Å². The number of hydrogen-bond donors (Lipinski definition) is 1. The number of benzene rings is 3. The van der Waals surface area contributed by atoms with E-state index in [4.69, 9.17) is 4.42 Å². The molecule has 7 nitrogen and oxygen atoms in total. The Hall–Kier alpha value is -4.52. The van der Waals surface area contributed by atoms with E-state index in [2.05, 4.69) is 10.3 Å². The summed E-state index contributed by atoms with van der Waals surface area (Å²) in [6, 6.07) is 21.3. The van der Waals surface area contributed by atoms with Crippen molar-refractivity contribution >= 4 is 39.2 Å². The van der Waals surface area contributed by atoms with E-state index in [9.17, 15) is 14.4 Å². The first kappa shape index (κ1) is 21.3. The average molecular weight is 451 g/mol. The van der Waals surface area contributed by atoms with Crippen molar-refractivity contribution in [3.63, 3.8) is 0 Å². The van der Waals surface area contributed by atoms with Gasteiger partial charge in [-0.25, -0.2) is 4.98 Å². The fourth-order valence-corrected chi connectivity index (χ4v) is 3.95. The lowest BCUT2D eigenvalue weighted by molar-refractivity contribution is -0.116. The van der Waals surface area contributed by atoms with Gasteiger partial charge >= 0.3 is 0 Å². The van der Waals surface area contributed by atoms with E-state index in [1.54, 1.807) is 60.7 Å². The van der Waals surface area contributed by atoms with Gasteiger partial charge in [0, 0.05) is 35.2 Å². The number of nitrogens with one attached hydrogen (secondary N) is 1. The molecular formula is C27H21N3O4. The number of ketones is 1. The van der Waals surface area contributed by atoms with Crippen LogP contribution in [0.2, 0.25) is 0 Å². The van der Waals surface area contributed by atoms with E-state index in [0.717, 1.165) is 5.39 Å². The number of furan rings is 1. The molecule has 0 fully saturated rings. The molecule has 0 saturated heterocycles. The van der Waals surface area contributed by atoms with E-state index in [0.29, 0.717) is 33.3 Å². The molecule has 7 heteroatoms. The minimum Gasteiger partial charge on any atom is -0.452 e. The number of anilines is 1. The highest BCUT2D eigenvalue weighted by Crippen LogP contribution is 2.29. The maximum Gasteiger partial charge on any atom is 0.261 e. The summed E-state index contributed by atoms with van der Waals surface area (Å²) < 4.78 is 7.26. The lowest BCUT2D eigenvalue weighted by atomic mass is 10.0. The summed E-state index contributed by atoms with van der Waals surface area (Å²) in [6.45, 7) is 2.04. The number of fused-ring (bicyclic) bond motifs is 2. The van der Waals surface area contributed by atoms with Gasteiger partial charge in [0.05, 0.1) is 17.2 Å². The number of aryl methyl sites for hydroxylation is 2. The summed E-state index contributed by atoms with van der Waals surface area (Å²) in [7, 11) is 0. The van der Waals surface area contributed by atoms with E-state index < -0.39 is 0 Å². The van der Waals surface area contributed by atoms with E-state index in [1.165, 1.54) is 10.9 Å². The van der Waals surface area contributed by atoms with Crippen LogP contribution in [-0.2, 0) is 11.3 Å². The Labute approximate surface area is 194 Å². The van der Waals surface area contributed by atoms with Gasteiger partial charge in [-0.15, -0.1) is 0 Å². The number of carbonyl (C=O) groups excluding carboxylic acids is 2. The molecule has 34 heavy (non-hydrogen) atoms. The lowest BCUT2D eigenvalue weighted by Gasteiger charge is -2.08. The van der Waals surface area contributed by atoms with Crippen LogP contribution in [0.4, 0.5) is 5.69 Å². The van der Waals surface area contributed by atoms with E-state index >= 15 is 0 Å². The summed E-state index contributed by atoms with van der Waals surface area (Å²) >= 11 is 0. The summed E-state index contributed by atoms with van der Waals surface area (Å²) in [4.78, 5) is 42.3. The third-order valence-electron chi connectivity index (χ3n) is 5.77. The second kappa shape index (κ2) is 8.78. The molecule has 0 aliphatic carbocycles. The van der Waals surface area contributed by atoms with Crippen LogP contribution in [-0.4, -0.2) is 21.2 Å². The second-order valence-electron chi connectivity index (χ2n) is 8.02. The molecule has 0 saturated carbocycles. The first-order valence-electron chi connectivity index (χ1n) is 10.9. The van der Waals surface area contributed by atoms with Crippen molar-refractivity contribution in [3.8, 4) is 0 Å². The van der Waals surface area contributed by atoms with Crippen molar-refractivity contribution < 1.29 is 14.0 Å². The Balaban J connectivity index is 1.32. The van der Waals surface area contributed by atoms with E-state index in [1.807, 2.05) is 19.1 Å². The van der Waals surface area contributed by atoms with Crippen LogP contribution in [0.5, 0.6) is 0 Å². The van der Waals surface area contributed by atoms with Gasteiger partial charge in [-0.05, 0) is 37.3 Å². The van der Waals surface area contributed by atoms with Crippen LogP contribution in [0.3, 0.4) is 0 Å².